The number of hydrogen-bond donors (Lipinski definition) is 2. The Labute approximate surface area is 63.3 Å². The number of nitrogens with zero attached hydrogens (tertiary/aromatic N) is 1. The molecule has 0 spiro atoms. The molecule has 0 aromatic heterocycles. The fraction of sp³-hybridized carbons (Fsp3) is 0.800. The van der Waals surface area contributed by atoms with E-state index in [4.69, 9.17) is 15.0 Å². The predicted molar refractivity (Wildman–Crippen MR) is 41.0 cm³/mol. The summed E-state index contributed by atoms with van der Waals surface area (Å²) in [6, 6.07) is 0. The molecule has 0 amide bonds. The minimum atomic E-state index is 0.387. The van der Waals surface area contributed by atoms with Gasteiger partial charge in [0, 0.05) is 20.1 Å². The highest BCUT2D eigenvalue weighted by molar-refractivity contribution is 7.80. The lowest BCUT2D eigenvalue weighted by Gasteiger charge is -2.16. The van der Waals surface area contributed by atoms with E-state index in [1.54, 1.807) is 12.1 Å². The van der Waals surface area contributed by atoms with Crippen molar-refractivity contribution in [1.29, 1.82) is 0 Å². The fourth-order valence-corrected chi connectivity index (χ4v) is 0.903. The Morgan fingerprint density at radius 3 is 3.33 bits per heavy atom. The van der Waals surface area contributed by atoms with E-state index < -0.39 is 0 Å². The molecule has 1 heterocycles. The van der Waals surface area contributed by atoms with Gasteiger partial charge in [0.2, 0.25) is 0 Å². The Bertz CT molecular complexity index is 164. The summed E-state index contributed by atoms with van der Waals surface area (Å²) in [6.07, 6.45) is 0.942. The summed E-state index contributed by atoms with van der Waals surface area (Å²) in [5.41, 5.74) is 1.30. The molecule has 52 valence electrons. The van der Waals surface area contributed by atoms with Crippen LogP contribution in [0.2, 0.25) is 2.82 Å². The molecule has 0 atom stereocenters. The number of rotatable bonds is 0. The van der Waals surface area contributed by atoms with Crippen LogP contribution in [0.1, 0.15) is 6.42 Å². The Hall–Kier alpha value is -0.350. The third-order valence-electron chi connectivity index (χ3n) is 1.21. The zero-order valence-electron chi connectivity index (χ0n) is 7.37. The molecule has 0 radical (unpaired) electrons. The standard InChI is InChI=1S/C5H11N3S/c1-6-5(9)8-4-2-3-7-8/h7H,2-4H2,1H3,(H,6,9)/i/hD2. The van der Waals surface area contributed by atoms with Gasteiger partial charge >= 0.3 is 0 Å². The van der Waals surface area contributed by atoms with E-state index in [0.717, 1.165) is 18.3 Å². The average Bonchev–Trinajstić information content (AvgIpc) is 2.33. The van der Waals surface area contributed by atoms with Crippen molar-refractivity contribution in [2.45, 2.75) is 6.42 Å². The van der Waals surface area contributed by atoms with Crippen LogP contribution in [0.3, 0.4) is 0 Å². The molecule has 3 nitrogen and oxygen atoms in total. The molecule has 1 saturated heterocycles. The lowest BCUT2D eigenvalue weighted by atomic mass is 10.5. The van der Waals surface area contributed by atoms with Crippen molar-refractivity contribution >= 4 is 17.3 Å². The minimum Gasteiger partial charge on any atom is -0.365 e. The number of thiocarbonyl (C=S) groups is 1. The van der Waals surface area contributed by atoms with Crippen LogP contribution in [-0.4, -0.2) is 30.3 Å². The number of hydrazine groups is 1. The molecule has 1 aliphatic heterocycles. The van der Waals surface area contributed by atoms with E-state index in [2.05, 4.69) is 0 Å². The van der Waals surface area contributed by atoms with Gasteiger partial charge in [-0.15, -0.1) is 0 Å². The highest BCUT2D eigenvalue weighted by atomic mass is 32.1. The first kappa shape index (κ1) is 4.46. The van der Waals surface area contributed by atoms with Gasteiger partial charge in [-0.05, 0) is 18.6 Å². The highest BCUT2D eigenvalue weighted by Gasteiger charge is 2.11. The summed E-state index contributed by atoms with van der Waals surface area (Å²) in [6.45, 7) is 1.46. The third kappa shape index (κ3) is 1.53. The maximum absolute atomic E-state index is 7.37. The second kappa shape index (κ2) is 2.98. The minimum absolute atomic E-state index is 0.387. The molecule has 1 fully saturated rings. The van der Waals surface area contributed by atoms with Crippen molar-refractivity contribution in [3.05, 3.63) is 0 Å². The molecule has 0 aromatic rings. The first-order valence-corrected chi connectivity index (χ1v) is 3.34. The van der Waals surface area contributed by atoms with Crippen LogP contribution in [-0.2, 0) is 0 Å². The van der Waals surface area contributed by atoms with Crippen LogP contribution in [0.25, 0.3) is 0 Å². The van der Waals surface area contributed by atoms with Gasteiger partial charge in [-0.2, -0.15) is 0 Å². The van der Waals surface area contributed by atoms with E-state index in [-0.39, 0.29) is 0 Å². The van der Waals surface area contributed by atoms with Gasteiger partial charge in [0.1, 0.15) is 1.41 Å². The zero-order valence-corrected chi connectivity index (χ0v) is 6.19. The summed E-state index contributed by atoms with van der Waals surface area (Å²) in [4.78, 5) is 0. The Balaban J connectivity index is 2.53. The highest BCUT2D eigenvalue weighted by Crippen LogP contribution is 1.94. The molecule has 0 unspecified atom stereocenters. The van der Waals surface area contributed by atoms with Crippen LogP contribution < -0.4 is 10.7 Å². The molecule has 2 N–H and O–H groups in total. The SMILES string of the molecule is [2H]N(C)C(=S)N1CCCN1[2H]. The largest absolute Gasteiger partial charge is 0.365 e. The average molecular weight is 147 g/mol. The lowest BCUT2D eigenvalue weighted by Crippen LogP contribution is -2.42. The monoisotopic (exact) mass is 147 g/mol. The van der Waals surface area contributed by atoms with Crippen LogP contribution >= 0.6 is 12.2 Å². The van der Waals surface area contributed by atoms with Crippen molar-refractivity contribution in [3.8, 4) is 0 Å². The lowest BCUT2D eigenvalue weighted by molar-refractivity contribution is 0.400. The molecule has 4 heteroatoms. The number of nitrogens with one attached hydrogen (secondary N) is 2. The Morgan fingerprint density at radius 1 is 2.11 bits per heavy atom. The van der Waals surface area contributed by atoms with Gasteiger partial charge in [0.05, 0.1) is 0 Å². The van der Waals surface area contributed by atoms with E-state index in [0.29, 0.717) is 11.7 Å². The normalized spacial score (nSPS) is 23.4. The smallest absolute Gasteiger partial charge is 0.183 e. The van der Waals surface area contributed by atoms with Gasteiger partial charge in [-0.25, -0.2) is 5.42 Å². The fourth-order valence-electron chi connectivity index (χ4n) is 0.754. The summed E-state index contributed by atoms with van der Waals surface area (Å²) >= 11 is 4.92. The van der Waals surface area contributed by atoms with Crippen LogP contribution in [0.4, 0.5) is 0 Å². The van der Waals surface area contributed by atoms with Gasteiger partial charge in [0.15, 0.2) is 6.52 Å². The molecule has 9 heavy (non-hydrogen) atoms. The van der Waals surface area contributed by atoms with E-state index in [1.165, 1.54) is 5.42 Å². The Kier molecular flexibility index (Phi) is 1.48. The number of hydrogen-bond acceptors (Lipinski definition) is 2. The predicted octanol–water partition coefficient (Wildman–Crippen LogP) is -0.299. The van der Waals surface area contributed by atoms with Crippen LogP contribution in [0.15, 0.2) is 0 Å². The van der Waals surface area contributed by atoms with Crippen LogP contribution in [0, 0.1) is 0 Å². The quantitative estimate of drug-likeness (QED) is 0.460. The summed E-state index contributed by atoms with van der Waals surface area (Å²) in [5.74, 6) is 0. The molecule has 1 aliphatic rings. The maximum atomic E-state index is 7.37. The molecule has 1 rings (SSSR count). The summed E-state index contributed by atoms with van der Waals surface area (Å²) < 4.78 is 14.6. The van der Waals surface area contributed by atoms with Gasteiger partial charge in [-0.1, -0.05) is 0 Å². The molecule has 0 aliphatic carbocycles. The second-order valence-electron chi connectivity index (χ2n) is 1.85. The third-order valence-corrected chi connectivity index (χ3v) is 1.60. The Morgan fingerprint density at radius 2 is 2.89 bits per heavy atom. The second-order valence-corrected chi connectivity index (χ2v) is 2.21. The molecular formula is C5H11N3S. The molecular weight excluding hydrogens is 134 g/mol. The van der Waals surface area contributed by atoms with Crippen molar-refractivity contribution < 1.29 is 2.82 Å². The van der Waals surface area contributed by atoms with Crippen molar-refractivity contribution in [1.82, 2.24) is 15.7 Å². The molecule has 0 saturated carbocycles. The topological polar surface area (TPSA) is 27.3 Å². The molecule has 0 aromatic carbocycles. The zero-order chi connectivity index (χ0) is 8.43. The van der Waals surface area contributed by atoms with E-state index >= 15 is 0 Å². The summed E-state index contributed by atoms with van der Waals surface area (Å²) in [7, 11) is 1.56. The first-order chi connectivity index (χ1) is 5.13. The van der Waals surface area contributed by atoms with Gasteiger partial charge in [-0.3, -0.25) is 5.01 Å². The molecule has 0 bridgehead atoms. The first-order valence-electron chi connectivity index (χ1n) is 3.83. The van der Waals surface area contributed by atoms with E-state index in [9.17, 15) is 0 Å². The van der Waals surface area contributed by atoms with Crippen LogP contribution in [0.5, 0.6) is 0 Å². The van der Waals surface area contributed by atoms with E-state index in [1.807, 2.05) is 0 Å². The maximum Gasteiger partial charge on any atom is 0.183 e. The van der Waals surface area contributed by atoms with Gasteiger partial charge in [0.25, 0.3) is 0 Å². The van der Waals surface area contributed by atoms with Gasteiger partial charge < -0.3 is 5.31 Å². The van der Waals surface area contributed by atoms with Crippen molar-refractivity contribution in [2.24, 2.45) is 0 Å². The summed E-state index contributed by atoms with van der Waals surface area (Å²) in [5, 5.41) is 3.10. The van der Waals surface area contributed by atoms with Crippen molar-refractivity contribution in [3.63, 3.8) is 0 Å². The van der Waals surface area contributed by atoms with Crippen molar-refractivity contribution in [2.75, 3.05) is 20.1 Å².